The molecule has 1 saturated heterocycles. The second-order valence-electron chi connectivity index (χ2n) is 6.48. The topological polar surface area (TPSA) is 90.0 Å². The third-order valence-corrected chi connectivity index (χ3v) is 6.46. The van der Waals surface area contributed by atoms with Gasteiger partial charge in [0.1, 0.15) is 6.54 Å². The van der Waals surface area contributed by atoms with Crippen molar-refractivity contribution in [2.45, 2.75) is 12.8 Å². The maximum Gasteiger partial charge on any atom is 0.281 e. The predicted molar refractivity (Wildman–Crippen MR) is 94.3 cm³/mol. The van der Waals surface area contributed by atoms with Gasteiger partial charge in [0.15, 0.2) is 0 Å². The van der Waals surface area contributed by atoms with Gasteiger partial charge in [0.05, 0.1) is 17.3 Å². The van der Waals surface area contributed by atoms with Crippen molar-refractivity contribution in [3.05, 3.63) is 24.3 Å². The summed E-state index contributed by atoms with van der Waals surface area (Å²) in [6.45, 7) is 0.494. The molecule has 9 heteroatoms. The SMILES string of the molecule is CN(C)S(=O)(=O)N1CCC[C@@H](C(=O)N2CC(=O)Nc3ccccc32)C1. The Kier molecular flexibility index (Phi) is 4.81. The lowest BCUT2D eigenvalue weighted by atomic mass is 9.97. The second kappa shape index (κ2) is 6.74. The highest BCUT2D eigenvalue weighted by atomic mass is 32.2. The van der Waals surface area contributed by atoms with Crippen molar-refractivity contribution in [3.8, 4) is 0 Å². The molecule has 1 aromatic rings. The first kappa shape index (κ1) is 17.8. The van der Waals surface area contributed by atoms with Gasteiger partial charge in [-0.1, -0.05) is 12.1 Å². The van der Waals surface area contributed by atoms with E-state index in [-0.39, 0.29) is 24.9 Å². The molecule has 2 aliphatic heterocycles. The highest BCUT2D eigenvalue weighted by Crippen LogP contribution is 2.31. The van der Waals surface area contributed by atoms with Gasteiger partial charge in [-0.3, -0.25) is 9.59 Å². The fourth-order valence-electron chi connectivity index (χ4n) is 3.23. The number of carbonyl (C=O) groups is 2. The molecule has 1 N–H and O–H groups in total. The number of nitrogens with one attached hydrogen (secondary N) is 1. The van der Waals surface area contributed by atoms with Gasteiger partial charge in [0.25, 0.3) is 10.2 Å². The van der Waals surface area contributed by atoms with Crippen molar-refractivity contribution < 1.29 is 18.0 Å². The molecule has 0 unspecified atom stereocenters. The Morgan fingerprint density at radius 3 is 2.72 bits per heavy atom. The number of rotatable bonds is 3. The Labute approximate surface area is 147 Å². The lowest BCUT2D eigenvalue weighted by molar-refractivity contribution is -0.125. The van der Waals surface area contributed by atoms with E-state index < -0.39 is 16.1 Å². The monoisotopic (exact) mass is 366 g/mol. The Morgan fingerprint density at radius 2 is 2.00 bits per heavy atom. The van der Waals surface area contributed by atoms with Gasteiger partial charge in [-0.2, -0.15) is 17.0 Å². The summed E-state index contributed by atoms with van der Waals surface area (Å²) in [5.74, 6) is -0.913. The standard InChI is InChI=1S/C16H22N4O4S/c1-18(2)25(23,24)19-9-5-6-12(10-19)16(22)20-11-15(21)17-13-7-3-4-8-14(13)20/h3-4,7-8,12H,5-6,9-11H2,1-2H3,(H,17,21)/t12-/m1/s1. The summed E-state index contributed by atoms with van der Waals surface area (Å²) in [6, 6.07) is 7.12. The molecule has 0 spiro atoms. The fourth-order valence-corrected chi connectivity index (χ4v) is 4.42. The predicted octanol–water partition coefficient (Wildman–Crippen LogP) is 0.490. The van der Waals surface area contributed by atoms with E-state index in [0.29, 0.717) is 30.8 Å². The van der Waals surface area contributed by atoms with Crippen LogP contribution in [0.2, 0.25) is 0 Å². The highest BCUT2D eigenvalue weighted by molar-refractivity contribution is 7.86. The largest absolute Gasteiger partial charge is 0.323 e. The van der Waals surface area contributed by atoms with Crippen LogP contribution in [0.5, 0.6) is 0 Å². The van der Waals surface area contributed by atoms with Crippen LogP contribution in [-0.2, 0) is 19.8 Å². The van der Waals surface area contributed by atoms with Crippen molar-refractivity contribution in [1.82, 2.24) is 8.61 Å². The number of nitrogens with zero attached hydrogens (tertiary/aromatic N) is 3. The van der Waals surface area contributed by atoms with Gasteiger partial charge in [0, 0.05) is 27.2 Å². The molecule has 25 heavy (non-hydrogen) atoms. The van der Waals surface area contributed by atoms with E-state index in [9.17, 15) is 18.0 Å². The Hall–Kier alpha value is -1.97. The number of piperidine rings is 1. The van der Waals surface area contributed by atoms with Crippen LogP contribution in [0.1, 0.15) is 12.8 Å². The summed E-state index contributed by atoms with van der Waals surface area (Å²) < 4.78 is 27.2. The van der Waals surface area contributed by atoms with Gasteiger partial charge in [-0.05, 0) is 25.0 Å². The van der Waals surface area contributed by atoms with Crippen LogP contribution >= 0.6 is 0 Å². The van der Waals surface area contributed by atoms with E-state index in [1.54, 1.807) is 24.3 Å². The molecule has 0 radical (unpaired) electrons. The maximum atomic E-state index is 13.0. The zero-order valence-corrected chi connectivity index (χ0v) is 15.1. The average molecular weight is 366 g/mol. The van der Waals surface area contributed by atoms with E-state index in [2.05, 4.69) is 5.32 Å². The van der Waals surface area contributed by atoms with E-state index >= 15 is 0 Å². The molecule has 1 atom stereocenters. The van der Waals surface area contributed by atoms with Crippen molar-refractivity contribution in [2.24, 2.45) is 5.92 Å². The Balaban J connectivity index is 1.83. The number of benzene rings is 1. The molecule has 1 fully saturated rings. The zero-order chi connectivity index (χ0) is 18.2. The first-order chi connectivity index (χ1) is 11.8. The molecule has 0 saturated carbocycles. The number of hydrogen-bond acceptors (Lipinski definition) is 4. The third-order valence-electron chi connectivity index (χ3n) is 4.56. The van der Waals surface area contributed by atoms with Crippen LogP contribution in [0.3, 0.4) is 0 Å². The normalized spacial score (nSPS) is 21.8. The van der Waals surface area contributed by atoms with E-state index in [0.717, 1.165) is 4.31 Å². The van der Waals surface area contributed by atoms with Crippen LogP contribution in [0.25, 0.3) is 0 Å². The molecule has 8 nitrogen and oxygen atoms in total. The average Bonchev–Trinajstić information content (AvgIpc) is 2.60. The molecular formula is C16H22N4O4S. The molecule has 2 heterocycles. The van der Waals surface area contributed by atoms with Gasteiger partial charge in [-0.25, -0.2) is 0 Å². The number of anilines is 2. The second-order valence-corrected chi connectivity index (χ2v) is 8.62. The van der Waals surface area contributed by atoms with Crippen LogP contribution in [0, 0.1) is 5.92 Å². The molecule has 1 aromatic carbocycles. The molecule has 0 aromatic heterocycles. The highest BCUT2D eigenvalue weighted by Gasteiger charge is 2.37. The smallest absolute Gasteiger partial charge is 0.281 e. The summed E-state index contributed by atoms with van der Waals surface area (Å²) in [6.07, 6.45) is 1.23. The summed E-state index contributed by atoms with van der Waals surface area (Å²) >= 11 is 0. The van der Waals surface area contributed by atoms with E-state index in [4.69, 9.17) is 0 Å². The lowest BCUT2D eigenvalue weighted by Crippen LogP contribution is -2.51. The molecule has 3 rings (SSSR count). The van der Waals surface area contributed by atoms with Crippen molar-refractivity contribution in [1.29, 1.82) is 0 Å². The molecule has 2 aliphatic rings. The van der Waals surface area contributed by atoms with Crippen LogP contribution in [-0.4, -0.2) is 62.6 Å². The molecule has 136 valence electrons. The number of hydrogen-bond donors (Lipinski definition) is 1. The minimum atomic E-state index is -3.55. The van der Waals surface area contributed by atoms with Gasteiger partial charge in [-0.15, -0.1) is 0 Å². The minimum Gasteiger partial charge on any atom is -0.323 e. The fraction of sp³-hybridized carbons (Fsp3) is 0.500. The van der Waals surface area contributed by atoms with Crippen LogP contribution in [0.4, 0.5) is 11.4 Å². The number of carbonyl (C=O) groups excluding carboxylic acids is 2. The van der Waals surface area contributed by atoms with Gasteiger partial charge < -0.3 is 10.2 Å². The maximum absolute atomic E-state index is 13.0. The number of para-hydroxylation sites is 2. The Bertz CT molecular complexity index is 793. The summed E-state index contributed by atoms with van der Waals surface area (Å²) in [7, 11) is -0.595. The first-order valence-corrected chi connectivity index (χ1v) is 9.58. The number of fused-ring (bicyclic) bond motifs is 1. The third kappa shape index (κ3) is 3.39. The van der Waals surface area contributed by atoms with Crippen LogP contribution in [0.15, 0.2) is 24.3 Å². The quantitative estimate of drug-likeness (QED) is 0.843. The Morgan fingerprint density at radius 1 is 1.28 bits per heavy atom. The summed E-state index contributed by atoms with van der Waals surface area (Å²) in [5, 5.41) is 2.75. The minimum absolute atomic E-state index is 0.0488. The van der Waals surface area contributed by atoms with E-state index in [1.807, 2.05) is 0 Å². The zero-order valence-electron chi connectivity index (χ0n) is 14.3. The van der Waals surface area contributed by atoms with Gasteiger partial charge in [0.2, 0.25) is 11.8 Å². The molecule has 0 aliphatic carbocycles. The van der Waals surface area contributed by atoms with Crippen LogP contribution < -0.4 is 10.2 Å². The van der Waals surface area contributed by atoms with Crippen molar-refractivity contribution in [2.75, 3.05) is 43.9 Å². The van der Waals surface area contributed by atoms with Gasteiger partial charge >= 0.3 is 0 Å². The van der Waals surface area contributed by atoms with Crippen molar-refractivity contribution >= 4 is 33.4 Å². The molecular weight excluding hydrogens is 344 g/mol. The molecule has 2 amide bonds. The number of amides is 2. The lowest BCUT2D eigenvalue weighted by Gasteiger charge is -2.36. The summed E-state index contributed by atoms with van der Waals surface area (Å²) in [4.78, 5) is 26.4. The first-order valence-electron chi connectivity index (χ1n) is 8.18. The van der Waals surface area contributed by atoms with E-state index in [1.165, 1.54) is 23.3 Å². The van der Waals surface area contributed by atoms with Crippen molar-refractivity contribution in [3.63, 3.8) is 0 Å². The molecule has 0 bridgehead atoms. The summed E-state index contributed by atoms with van der Waals surface area (Å²) in [5.41, 5.74) is 1.25.